The van der Waals surface area contributed by atoms with Crippen LogP contribution in [0.25, 0.3) is 0 Å². The monoisotopic (exact) mass is 313 g/mol. The van der Waals surface area contributed by atoms with Crippen LogP contribution in [0, 0.1) is 11.6 Å². The summed E-state index contributed by atoms with van der Waals surface area (Å²) >= 11 is 0.792. The van der Waals surface area contributed by atoms with Crippen molar-refractivity contribution in [3.63, 3.8) is 0 Å². The van der Waals surface area contributed by atoms with Crippen LogP contribution >= 0.6 is 11.8 Å². The SMILES string of the molecule is CCCc1cc(=O)[nH]c(Sc2nc(NN)c(F)cc2F)n1. The van der Waals surface area contributed by atoms with Gasteiger partial charge < -0.3 is 10.4 Å². The predicted molar refractivity (Wildman–Crippen MR) is 74.9 cm³/mol. The molecular formula is C12H13F2N5OS. The molecule has 0 fully saturated rings. The zero-order chi connectivity index (χ0) is 15.4. The number of nitrogens with two attached hydrogens (primary N) is 1. The van der Waals surface area contributed by atoms with Gasteiger partial charge in [0.05, 0.1) is 0 Å². The number of aromatic nitrogens is 3. The van der Waals surface area contributed by atoms with Gasteiger partial charge in [0.2, 0.25) is 0 Å². The maximum absolute atomic E-state index is 13.7. The smallest absolute Gasteiger partial charge is 0.251 e. The van der Waals surface area contributed by atoms with Crippen LogP contribution < -0.4 is 16.8 Å². The molecule has 0 aliphatic carbocycles. The summed E-state index contributed by atoms with van der Waals surface area (Å²) in [7, 11) is 0. The Labute approximate surface area is 123 Å². The van der Waals surface area contributed by atoms with Crippen LogP contribution in [-0.4, -0.2) is 15.0 Å². The number of halogens is 2. The van der Waals surface area contributed by atoms with Crippen LogP contribution in [0.4, 0.5) is 14.6 Å². The number of rotatable bonds is 5. The number of hydrazine groups is 1. The van der Waals surface area contributed by atoms with Crippen molar-refractivity contribution in [3.05, 3.63) is 39.8 Å². The first-order valence-electron chi connectivity index (χ1n) is 6.14. The van der Waals surface area contributed by atoms with Crippen molar-refractivity contribution >= 4 is 17.6 Å². The summed E-state index contributed by atoms with van der Waals surface area (Å²) in [5.74, 6) is 3.04. The van der Waals surface area contributed by atoms with Crippen molar-refractivity contribution in [1.82, 2.24) is 15.0 Å². The van der Waals surface area contributed by atoms with E-state index in [0.717, 1.165) is 18.2 Å². The summed E-state index contributed by atoms with van der Waals surface area (Å²) in [5, 5.41) is 0.0491. The van der Waals surface area contributed by atoms with Gasteiger partial charge in [0, 0.05) is 17.8 Å². The van der Waals surface area contributed by atoms with Gasteiger partial charge >= 0.3 is 0 Å². The minimum atomic E-state index is -0.902. The molecule has 0 spiro atoms. The van der Waals surface area contributed by atoms with Crippen LogP contribution in [0.5, 0.6) is 0 Å². The van der Waals surface area contributed by atoms with E-state index in [1.54, 1.807) is 0 Å². The zero-order valence-electron chi connectivity index (χ0n) is 11.1. The van der Waals surface area contributed by atoms with E-state index in [0.29, 0.717) is 18.2 Å². The number of nitrogens with zero attached hydrogens (tertiary/aromatic N) is 2. The fourth-order valence-electron chi connectivity index (χ4n) is 1.63. The van der Waals surface area contributed by atoms with Crippen molar-refractivity contribution in [2.45, 2.75) is 29.9 Å². The molecular weight excluding hydrogens is 300 g/mol. The van der Waals surface area contributed by atoms with E-state index in [-0.39, 0.29) is 21.6 Å². The number of aromatic amines is 1. The number of H-pyrrole nitrogens is 1. The topological polar surface area (TPSA) is 96.7 Å². The second-order valence-corrected chi connectivity index (χ2v) is 5.12. The first kappa shape index (κ1) is 15.4. The third kappa shape index (κ3) is 3.76. The summed E-state index contributed by atoms with van der Waals surface area (Å²) in [5.41, 5.74) is 2.30. The number of anilines is 1. The van der Waals surface area contributed by atoms with Gasteiger partial charge in [-0.2, -0.15) is 0 Å². The number of hydrogen-bond acceptors (Lipinski definition) is 6. The van der Waals surface area contributed by atoms with Gasteiger partial charge in [0.15, 0.2) is 22.6 Å². The van der Waals surface area contributed by atoms with Gasteiger partial charge in [-0.15, -0.1) is 0 Å². The van der Waals surface area contributed by atoms with Crippen LogP contribution in [0.2, 0.25) is 0 Å². The van der Waals surface area contributed by atoms with E-state index in [2.05, 4.69) is 15.0 Å². The van der Waals surface area contributed by atoms with Crippen molar-refractivity contribution < 1.29 is 8.78 Å². The third-order valence-corrected chi connectivity index (χ3v) is 3.37. The van der Waals surface area contributed by atoms with Crippen LogP contribution in [0.3, 0.4) is 0 Å². The summed E-state index contributed by atoms with van der Waals surface area (Å²) in [6, 6.07) is 2.05. The molecule has 9 heteroatoms. The summed E-state index contributed by atoms with van der Waals surface area (Å²) in [4.78, 5) is 21.9. The van der Waals surface area contributed by atoms with E-state index in [1.807, 2.05) is 12.3 Å². The Morgan fingerprint density at radius 1 is 1.33 bits per heavy atom. The number of nitrogens with one attached hydrogen (secondary N) is 2. The number of aryl methyl sites for hydroxylation is 1. The molecule has 4 N–H and O–H groups in total. The largest absolute Gasteiger partial charge is 0.306 e. The average Bonchev–Trinajstić information content (AvgIpc) is 2.41. The highest BCUT2D eigenvalue weighted by atomic mass is 32.2. The van der Waals surface area contributed by atoms with Gasteiger partial charge in [-0.1, -0.05) is 13.3 Å². The van der Waals surface area contributed by atoms with Gasteiger partial charge in [-0.3, -0.25) is 4.79 Å². The Hall–Kier alpha value is -2.00. The molecule has 0 aromatic carbocycles. The molecule has 0 saturated carbocycles. The van der Waals surface area contributed by atoms with Crippen LogP contribution in [0.15, 0.2) is 27.1 Å². The molecule has 0 atom stereocenters. The van der Waals surface area contributed by atoms with Gasteiger partial charge in [-0.05, 0) is 18.2 Å². The molecule has 2 aromatic heterocycles. The molecule has 6 nitrogen and oxygen atoms in total. The molecule has 112 valence electrons. The van der Waals surface area contributed by atoms with Crippen molar-refractivity contribution in [2.24, 2.45) is 5.84 Å². The lowest BCUT2D eigenvalue weighted by Crippen LogP contribution is -2.12. The molecule has 0 saturated heterocycles. The van der Waals surface area contributed by atoms with Crippen LogP contribution in [0.1, 0.15) is 19.0 Å². The lowest BCUT2D eigenvalue weighted by molar-refractivity contribution is 0.551. The van der Waals surface area contributed by atoms with Gasteiger partial charge in [-0.25, -0.2) is 24.6 Å². The van der Waals surface area contributed by atoms with E-state index < -0.39 is 11.6 Å². The lowest BCUT2D eigenvalue weighted by Gasteiger charge is -2.06. The molecule has 0 aliphatic heterocycles. The van der Waals surface area contributed by atoms with Gasteiger partial charge in [0.1, 0.15) is 5.03 Å². The highest BCUT2D eigenvalue weighted by Gasteiger charge is 2.14. The maximum Gasteiger partial charge on any atom is 0.251 e. The average molecular weight is 313 g/mol. The molecule has 2 heterocycles. The minimum Gasteiger partial charge on any atom is -0.306 e. The standard InChI is InChI=1S/C12H13F2N5OS/c1-2-3-6-4-9(20)17-12(16-6)21-11-8(14)5-7(13)10(18-11)19-15/h4-5H,2-3,15H2,1H3,(H,18,19)(H,16,17,20). The molecule has 21 heavy (non-hydrogen) atoms. The zero-order valence-corrected chi connectivity index (χ0v) is 11.9. The third-order valence-electron chi connectivity index (χ3n) is 2.51. The predicted octanol–water partition coefficient (Wildman–Crippen LogP) is 1.83. The lowest BCUT2D eigenvalue weighted by atomic mass is 10.2. The minimum absolute atomic E-state index is 0.138. The normalized spacial score (nSPS) is 10.7. The number of hydrogen-bond donors (Lipinski definition) is 3. The quantitative estimate of drug-likeness (QED) is 0.443. The molecule has 2 aromatic rings. The summed E-state index contributed by atoms with van der Waals surface area (Å²) < 4.78 is 27.0. The van der Waals surface area contributed by atoms with Crippen molar-refractivity contribution in [3.8, 4) is 0 Å². The highest BCUT2D eigenvalue weighted by Crippen LogP contribution is 2.27. The van der Waals surface area contributed by atoms with E-state index >= 15 is 0 Å². The second-order valence-electron chi connectivity index (χ2n) is 4.14. The molecule has 0 unspecified atom stereocenters. The van der Waals surface area contributed by atoms with Crippen LogP contribution in [-0.2, 0) is 6.42 Å². The van der Waals surface area contributed by atoms with E-state index in [4.69, 9.17) is 5.84 Å². The highest BCUT2D eigenvalue weighted by molar-refractivity contribution is 7.99. The Morgan fingerprint density at radius 3 is 2.76 bits per heavy atom. The first-order chi connectivity index (χ1) is 10.0. The Balaban J connectivity index is 2.35. The Morgan fingerprint density at radius 2 is 2.10 bits per heavy atom. The van der Waals surface area contributed by atoms with Gasteiger partial charge in [0.25, 0.3) is 5.56 Å². The Bertz CT molecular complexity index is 707. The van der Waals surface area contributed by atoms with E-state index in [9.17, 15) is 13.6 Å². The van der Waals surface area contributed by atoms with Crippen molar-refractivity contribution in [1.29, 1.82) is 0 Å². The molecule has 2 rings (SSSR count). The summed E-state index contributed by atoms with van der Waals surface area (Å²) in [6.45, 7) is 1.95. The van der Waals surface area contributed by atoms with E-state index in [1.165, 1.54) is 6.07 Å². The second kappa shape index (κ2) is 6.64. The molecule has 0 radical (unpaired) electrons. The fourth-order valence-corrected chi connectivity index (χ4v) is 2.42. The maximum atomic E-state index is 13.7. The Kier molecular flexibility index (Phi) is 4.86. The first-order valence-corrected chi connectivity index (χ1v) is 6.96. The summed E-state index contributed by atoms with van der Waals surface area (Å²) in [6.07, 6.45) is 1.46. The fraction of sp³-hybridized carbons (Fsp3) is 0.250. The number of pyridine rings is 1. The molecule has 0 aliphatic rings. The molecule has 0 bridgehead atoms. The molecule has 0 amide bonds. The van der Waals surface area contributed by atoms with Crippen molar-refractivity contribution in [2.75, 3.05) is 5.43 Å². The number of nitrogen functional groups attached to an aromatic ring is 1.